The van der Waals surface area contributed by atoms with Gasteiger partial charge in [-0.25, -0.2) is 0 Å². The van der Waals surface area contributed by atoms with Gasteiger partial charge in [-0.3, -0.25) is 10.1 Å². The topological polar surface area (TPSA) is 41.6 Å². The van der Waals surface area contributed by atoms with Crippen molar-refractivity contribution in [3.63, 3.8) is 0 Å². The number of rotatable bonds is 7. The molecule has 1 heterocycles. The molecular weight excluding hydrogens is 252 g/mol. The molecule has 1 saturated heterocycles. The fraction of sp³-hybridized carbons (Fsp3) is 0.938. The lowest BCUT2D eigenvalue weighted by atomic mass is 9.98. The first kappa shape index (κ1) is 15.8. The van der Waals surface area contributed by atoms with Gasteiger partial charge in [-0.1, -0.05) is 20.8 Å². The van der Waals surface area contributed by atoms with Crippen LogP contribution in [0.15, 0.2) is 0 Å². The van der Waals surface area contributed by atoms with E-state index < -0.39 is 0 Å². The number of nitrogens with one attached hydrogen (secondary N) is 1. The maximum Gasteiger partial charge on any atom is 0.243 e. The fourth-order valence-corrected chi connectivity index (χ4v) is 3.20. The van der Waals surface area contributed by atoms with Crippen molar-refractivity contribution in [2.45, 2.75) is 65.1 Å². The first-order chi connectivity index (χ1) is 9.37. The molecule has 2 unspecified atom stereocenters. The lowest BCUT2D eigenvalue weighted by Gasteiger charge is -2.31. The van der Waals surface area contributed by atoms with E-state index in [9.17, 15) is 4.79 Å². The zero-order valence-electron chi connectivity index (χ0n) is 13.7. The first-order valence-corrected chi connectivity index (χ1v) is 7.95. The first-order valence-electron chi connectivity index (χ1n) is 7.95. The highest BCUT2D eigenvalue weighted by Crippen LogP contribution is 2.50. The molecule has 0 aromatic carbocycles. The predicted octanol–water partition coefficient (Wildman–Crippen LogP) is 2.39. The number of amides is 1. The van der Waals surface area contributed by atoms with Crippen LogP contribution in [0.25, 0.3) is 0 Å². The van der Waals surface area contributed by atoms with E-state index in [1.54, 1.807) is 7.11 Å². The van der Waals surface area contributed by atoms with Crippen molar-refractivity contribution >= 4 is 5.91 Å². The molecule has 4 nitrogen and oxygen atoms in total. The molecule has 0 aromatic heterocycles. The van der Waals surface area contributed by atoms with Crippen LogP contribution >= 0.6 is 0 Å². The third-order valence-corrected chi connectivity index (χ3v) is 5.17. The molecule has 2 fully saturated rings. The van der Waals surface area contributed by atoms with Gasteiger partial charge in [-0.2, -0.15) is 0 Å². The summed E-state index contributed by atoms with van der Waals surface area (Å²) in [5.41, 5.74) is -0.0637. The van der Waals surface area contributed by atoms with Crippen LogP contribution in [0.5, 0.6) is 0 Å². The van der Waals surface area contributed by atoms with Crippen molar-refractivity contribution in [1.29, 1.82) is 0 Å². The minimum Gasteiger partial charge on any atom is -0.385 e. The Kier molecular flexibility index (Phi) is 4.45. The van der Waals surface area contributed by atoms with Gasteiger partial charge in [0, 0.05) is 20.3 Å². The van der Waals surface area contributed by atoms with Crippen LogP contribution < -0.4 is 5.32 Å². The van der Waals surface area contributed by atoms with Crippen LogP contribution in [-0.2, 0) is 9.53 Å². The Bertz CT molecular complexity index is 365. The van der Waals surface area contributed by atoms with E-state index in [4.69, 9.17) is 4.74 Å². The Morgan fingerprint density at radius 3 is 2.55 bits per heavy atom. The molecule has 0 bridgehead atoms. The Morgan fingerprint density at radius 1 is 1.45 bits per heavy atom. The highest BCUT2D eigenvalue weighted by Gasteiger charge is 2.52. The summed E-state index contributed by atoms with van der Waals surface area (Å²) in [6.07, 6.45) is 4.55. The normalized spacial score (nSPS) is 32.2. The number of ether oxygens (including phenoxy) is 1. The Morgan fingerprint density at radius 2 is 2.10 bits per heavy atom. The number of hydrogen-bond donors (Lipinski definition) is 1. The maximum atomic E-state index is 12.8. The van der Waals surface area contributed by atoms with E-state index in [1.807, 2.05) is 6.92 Å². The molecular formula is C16H30N2O2. The smallest absolute Gasteiger partial charge is 0.243 e. The standard InChI is InChI=1S/C16H30N2O2/c1-6-15(4)14(19)18(13(17-15)12(2)3)11-16(7-8-16)9-10-20-5/h12-13,17H,6-11H2,1-5H3. The number of nitrogens with zero attached hydrogens (tertiary/aromatic N) is 1. The van der Waals surface area contributed by atoms with Crippen molar-refractivity contribution in [2.75, 3.05) is 20.3 Å². The summed E-state index contributed by atoms with van der Waals surface area (Å²) in [6.45, 7) is 10.2. The summed E-state index contributed by atoms with van der Waals surface area (Å²) in [5.74, 6) is 0.716. The molecule has 2 rings (SSSR count). The highest BCUT2D eigenvalue weighted by atomic mass is 16.5. The summed E-state index contributed by atoms with van der Waals surface area (Å²) in [5, 5.41) is 3.57. The average Bonchev–Trinajstić information content (AvgIpc) is 3.14. The van der Waals surface area contributed by atoms with Gasteiger partial charge in [-0.05, 0) is 43.9 Å². The Balaban J connectivity index is 2.10. The number of methoxy groups -OCH3 is 1. The quantitative estimate of drug-likeness (QED) is 0.779. The molecule has 2 atom stereocenters. The van der Waals surface area contributed by atoms with Crippen molar-refractivity contribution in [3.05, 3.63) is 0 Å². The third-order valence-electron chi connectivity index (χ3n) is 5.17. The lowest BCUT2D eigenvalue weighted by molar-refractivity contribution is -0.134. The van der Waals surface area contributed by atoms with Gasteiger partial charge in [0.2, 0.25) is 5.91 Å². The van der Waals surface area contributed by atoms with Gasteiger partial charge in [0.05, 0.1) is 11.7 Å². The minimum atomic E-state index is -0.383. The largest absolute Gasteiger partial charge is 0.385 e. The van der Waals surface area contributed by atoms with Crippen LogP contribution in [0.1, 0.15) is 53.4 Å². The monoisotopic (exact) mass is 282 g/mol. The Hall–Kier alpha value is -0.610. The summed E-state index contributed by atoms with van der Waals surface area (Å²) in [4.78, 5) is 14.9. The van der Waals surface area contributed by atoms with Crippen LogP contribution in [-0.4, -0.2) is 42.8 Å². The highest BCUT2D eigenvalue weighted by molar-refractivity contribution is 5.88. The van der Waals surface area contributed by atoms with Crippen molar-refractivity contribution in [2.24, 2.45) is 11.3 Å². The van der Waals surface area contributed by atoms with Gasteiger partial charge in [0.25, 0.3) is 0 Å². The predicted molar refractivity (Wildman–Crippen MR) is 80.3 cm³/mol. The van der Waals surface area contributed by atoms with Crippen LogP contribution in [0.3, 0.4) is 0 Å². The van der Waals surface area contributed by atoms with E-state index in [-0.39, 0.29) is 17.6 Å². The summed E-state index contributed by atoms with van der Waals surface area (Å²) in [6, 6.07) is 0. The van der Waals surface area contributed by atoms with Crippen molar-refractivity contribution in [3.8, 4) is 0 Å². The summed E-state index contributed by atoms with van der Waals surface area (Å²) in [7, 11) is 1.75. The van der Waals surface area contributed by atoms with Gasteiger partial charge in [0.1, 0.15) is 0 Å². The second kappa shape index (κ2) is 5.64. The molecule has 1 saturated carbocycles. The number of hydrogen-bond acceptors (Lipinski definition) is 3. The molecule has 4 heteroatoms. The minimum absolute atomic E-state index is 0.174. The van der Waals surface area contributed by atoms with E-state index in [2.05, 4.69) is 31.0 Å². The molecule has 0 aromatic rings. The van der Waals surface area contributed by atoms with E-state index in [1.165, 1.54) is 12.8 Å². The zero-order valence-corrected chi connectivity index (χ0v) is 13.7. The van der Waals surface area contributed by atoms with E-state index >= 15 is 0 Å². The number of carbonyl (C=O) groups is 1. The van der Waals surface area contributed by atoms with Gasteiger partial charge >= 0.3 is 0 Å². The molecule has 1 N–H and O–H groups in total. The lowest BCUT2D eigenvalue weighted by Crippen LogP contribution is -2.45. The van der Waals surface area contributed by atoms with E-state index in [0.717, 1.165) is 26.0 Å². The van der Waals surface area contributed by atoms with Crippen molar-refractivity contribution in [1.82, 2.24) is 10.2 Å². The van der Waals surface area contributed by atoms with Crippen LogP contribution in [0, 0.1) is 11.3 Å². The van der Waals surface area contributed by atoms with Gasteiger partial charge in [0.15, 0.2) is 0 Å². The van der Waals surface area contributed by atoms with Gasteiger partial charge in [-0.15, -0.1) is 0 Å². The van der Waals surface area contributed by atoms with E-state index in [0.29, 0.717) is 11.3 Å². The van der Waals surface area contributed by atoms with Crippen molar-refractivity contribution < 1.29 is 9.53 Å². The average molecular weight is 282 g/mol. The molecule has 20 heavy (non-hydrogen) atoms. The molecule has 2 aliphatic rings. The molecule has 1 aliphatic heterocycles. The third kappa shape index (κ3) is 2.86. The molecule has 116 valence electrons. The summed E-state index contributed by atoms with van der Waals surface area (Å²) >= 11 is 0. The molecule has 0 radical (unpaired) electrons. The second-order valence-electron chi connectivity index (χ2n) is 7.19. The Labute approximate surface area is 123 Å². The SMILES string of the molecule is CCC1(C)NC(C(C)C)N(CC2(CCOC)CC2)C1=O. The molecule has 0 spiro atoms. The zero-order chi connectivity index (χ0) is 15.0. The molecule has 1 aliphatic carbocycles. The maximum absolute atomic E-state index is 12.8. The van der Waals surface area contributed by atoms with Crippen LogP contribution in [0.2, 0.25) is 0 Å². The fourth-order valence-electron chi connectivity index (χ4n) is 3.20. The molecule has 1 amide bonds. The summed E-state index contributed by atoms with van der Waals surface area (Å²) < 4.78 is 5.23. The second-order valence-corrected chi connectivity index (χ2v) is 7.19. The van der Waals surface area contributed by atoms with Crippen LogP contribution in [0.4, 0.5) is 0 Å². The van der Waals surface area contributed by atoms with Gasteiger partial charge < -0.3 is 9.64 Å². The number of carbonyl (C=O) groups excluding carboxylic acids is 1.